The number of carbonyl (C=O) groups excluding carboxylic acids is 1. The van der Waals surface area contributed by atoms with Crippen LogP contribution in [0, 0.1) is 0 Å². The van der Waals surface area contributed by atoms with Crippen LogP contribution in [0.1, 0.15) is 40.5 Å². The van der Waals surface area contributed by atoms with Gasteiger partial charge in [0.2, 0.25) is 0 Å². The van der Waals surface area contributed by atoms with Gasteiger partial charge in [-0.25, -0.2) is 4.79 Å². The third kappa shape index (κ3) is 3.82. The van der Waals surface area contributed by atoms with Gasteiger partial charge in [-0.2, -0.15) is 5.54 Å². The lowest BCUT2D eigenvalue weighted by Crippen LogP contribution is -2.57. The summed E-state index contributed by atoms with van der Waals surface area (Å²) in [6.07, 6.45) is 0.809. The van der Waals surface area contributed by atoms with Crippen LogP contribution in [0.25, 0.3) is 0 Å². The van der Waals surface area contributed by atoms with Gasteiger partial charge in [-0.3, -0.25) is 0 Å². The minimum absolute atomic E-state index is 0.0469. The molecule has 0 spiro atoms. The van der Waals surface area contributed by atoms with E-state index < -0.39 is 11.1 Å². The van der Waals surface area contributed by atoms with Crippen molar-refractivity contribution in [2.45, 2.75) is 57.7 Å². The van der Waals surface area contributed by atoms with Crippen LogP contribution >= 0.6 is 15.9 Å². The van der Waals surface area contributed by atoms with Crippen LogP contribution in [0.2, 0.25) is 0 Å². The molecule has 0 aromatic heterocycles. The second kappa shape index (κ2) is 5.74. The Morgan fingerprint density at radius 1 is 1.61 bits per heavy atom. The summed E-state index contributed by atoms with van der Waals surface area (Å²) in [6, 6.07) is -0.0469. The number of hydrogen-bond acceptors (Lipinski definition) is 3. The fraction of sp³-hybridized carbons (Fsp3) is 0.917. The summed E-state index contributed by atoms with van der Waals surface area (Å²) in [5.41, 5.74) is 0.807. The summed E-state index contributed by atoms with van der Waals surface area (Å²) in [5.74, 6) is 0. The molecule has 1 saturated heterocycles. The van der Waals surface area contributed by atoms with Crippen LogP contribution in [0.3, 0.4) is 0 Å². The summed E-state index contributed by atoms with van der Waals surface area (Å²) >= 11 is 3.32. The van der Waals surface area contributed by atoms with E-state index in [1.54, 1.807) is 4.90 Å². The topological polar surface area (TPSA) is 41.6 Å². The summed E-state index contributed by atoms with van der Waals surface area (Å²) in [7, 11) is 0. The van der Waals surface area contributed by atoms with Crippen molar-refractivity contribution in [3.8, 4) is 0 Å². The van der Waals surface area contributed by atoms with Crippen LogP contribution < -0.4 is 5.54 Å². The van der Waals surface area contributed by atoms with Crippen molar-refractivity contribution in [3.05, 3.63) is 0 Å². The second-order valence-corrected chi connectivity index (χ2v) is 6.55. The molecule has 4 nitrogen and oxygen atoms in total. The van der Waals surface area contributed by atoms with Gasteiger partial charge in [-0.1, -0.05) is 15.9 Å². The maximum Gasteiger partial charge on any atom is 0.410 e. The summed E-state index contributed by atoms with van der Waals surface area (Å²) in [4.78, 5) is 13.7. The second-order valence-electron chi connectivity index (χ2n) is 5.99. The molecule has 0 radical (unpaired) electrons. The molecule has 1 aliphatic heterocycles. The fourth-order valence-electron chi connectivity index (χ4n) is 2.16. The van der Waals surface area contributed by atoms with Crippen LogP contribution in [0.5, 0.6) is 0 Å². The Morgan fingerprint density at radius 2 is 2.22 bits per heavy atom. The van der Waals surface area contributed by atoms with E-state index in [1.807, 2.05) is 33.2 Å². The Labute approximate surface area is 116 Å². The Balaban J connectivity index is 2.65. The predicted molar refractivity (Wildman–Crippen MR) is 72.4 cm³/mol. The lowest BCUT2D eigenvalue weighted by molar-refractivity contribution is -0.00282. The molecule has 106 valence electrons. The van der Waals surface area contributed by atoms with Gasteiger partial charge >= 0.3 is 6.09 Å². The molecule has 1 unspecified atom stereocenters. The van der Waals surface area contributed by atoms with E-state index in [4.69, 9.17) is 4.74 Å². The fourth-order valence-corrected chi connectivity index (χ4v) is 2.77. The minimum atomic E-state index is -0.571. The number of amides is 1. The number of rotatable bonds is 2. The van der Waals surface area contributed by atoms with Crippen molar-refractivity contribution < 1.29 is 14.0 Å². The number of ether oxygens (including phenoxy) is 1. The maximum absolute atomic E-state index is 12.9. The number of nitrogens with one attached hydrogen (secondary N) is 1. The third-order valence-electron chi connectivity index (χ3n) is 3.13. The van der Waals surface area contributed by atoms with Gasteiger partial charge in [0, 0.05) is 17.9 Å². The maximum atomic E-state index is 12.9. The Hall–Kier alpha value is -0.360. The SMILES string of the molecule is C[C@H]1CC(CBr)(NF)CCN1C(=O)OC(C)(C)C. The first kappa shape index (κ1) is 15.7. The molecule has 0 bridgehead atoms. The van der Waals surface area contributed by atoms with E-state index in [1.165, 1.54) is 0 Å². The quantitative estimate of drug-likeness (QED) is 0.627. The molecule has 0 aromatic carbocycles. The average Bonchev–Trinajstić information content (AvgIpc) is 2.26. The summed E-state index contributed by atoms with van der Waals surface area (Å²) in [6.45, 7) is 7.93. The number of likely N-dealkylation sites (tertiary alicyclic amines) is 1. The number of carbonyl (C=O) groups is 1. The molecule has 6 heteroatoms. The van der Waals surface area contributed by atoms with Crippen LogP contribution in [-0.2, 0) is 4.74 Å². The van der Waals surface area contributed by atoms with Crippen LogP contribution in [-0.4, -0.2) is 40.0 Å². The van der Waals surface area contributed by atoms with Crippen molar-refractivity contribution in [1.82, 2.24) is 10.4 Å². The highest BCUT2D eigenvalue weighted by Crippen LogP contribution is 2.29. The van der Waals surface area contributed by atoms with E-state index in [0.717, 1.165) is 0 Å². The molecule has 1 aliphatic rings. The molecule has 18 heavy (non-hydrogen) atoms. The van der Waals surface area contributed by atoms with Crippen molar-refractivity contribution in [2.75, 3.05) is 11.9 Å². The highest BCUT2D eigenvalue weighted by atomic mass is 79.9. The Kier molecular flexibility index (Phi) is 5.00. The van der Waals surface area contributed by atoms with Crippen LogP contribution in [0.15, 0.2) is 0 Å². The van der Waals surface area contributed by atoms with Gasteiger partial charge in [0.05, 0.1) is 5.54 Å². The zero-order valence-corrected chi connectivity index (χ0v) is 13.0. The molecule has 1 rings (SSSR count). The van der Waals surface area contributed by atoms with Crippen molar-refractivity contribution >= 4 is 22.0 Å². The minimum Gasteiger partial charge on any atom is -0.444 e. The first-order chi connectivity index (χ1) is 8.23. The number of piperidine rings is 1. The lowest BCUT2D eigenvalue weighted by Gasteiger charge is -2.43. The van der Waals surface area contributed by atoms with Gasteiger partial charge in [-0.15, -0.1) is 4.48 Å². The third-order valence-corrected chi connectivity index (χ3v) is 4.21. The first-order valence-corrected chi connectivity index (χ1v) is 7.28. The highest BCUT2D eigenvalue weighted by molar-refractivity contribution is 9.09. The van der Waals surface area contributed by atoms with E-state index in [2.05, 4.69) is 15.9 Å². The van der Waals surface area contributed by atoms with Gasteiger partial charge in [0.15, 0.2) is 0 Å². The van der Waals surface area contributed by atoms with E-state index in [0.29, 0.717) is 24.7 Å². The van der Waals surface area contributed by atoms with E-state index in [9.17, 15) is 9.28 Å². The number of halogens is 2. The normalized spacial score (nSPS) is 29.2. The molecule has 0 aliphatic carbocycles. The molecule has 0 aromatic rings. The molecule has 0 saturated carbocycles. The predicted octanol–water partition coefficient (Wildman–Crippen LogP) is 3.01. The standard InChI is InChI=1S/C12H22BrFN2O2/c1-9-7-12(8-13,15-14)5-6-16(9)10(17)18-11(2,3)4/h9,15H,5-8H2,1-4H3/t9-,12?/m0/s1. The number of hydrogen-bond donors (Lipinski definition) is 1. The van der Waals surface area contributed by atoms with Crippen molar-refractivity contribution in [2.24, 2.45) is 0 Å². The highest BCUT2D eigenvalue weighted by Gasteiger charge is 2.40. The Morgan fingerprint density at radius 3 is 2.61 bits per heavy atom. The molecule has 2 atom stereocenters. The molecule has 1 N–H and O–H groups in total. The molecule has 1 fully saturated rings. The van der Waals surface area contributed by atoms with Gasteiger partial charge < -0.3 is 9.64 Å². The average molecular weight is 325 g/mol. The molecular weight excluding hydrogens is 303 g/mol. The monoisotopic (exact) mass is 324 g/mol. The van der Waals surface area contributed by atoms with Crippen molar-refractivity contribution in [1.29, 1.82) is 0 Å². The van der Waals surface area contributed by atoms with Gasteiger partial charge in [0.1, 0.15) is 5.60 Å². The van der Waals surface area contributed by atoms with E-state index >= 15 is 0 Å². The zero-order valence-electron chi connectivity index (χ0n) is 11.4. The Bertz CT molecular complexity index is 303. The largest absolute Gasteiger partial charge is 0.444 e. The van der Waals surface area contributed by atoms with Crippen molar-refractivity contribution in [3.63, 3.8) is 0 Å². The summed E-state index contributed by atoms with van der Waals surface area (Å²) < 4.78 is 18.2. The molecular formula is C12H22BrFN2O2. The molecule has 1 amide bonds. The summed E-state index contributed by atoms with van der Waals surface area (Å²) in [5, 5.41) is 0.531. The lowest BCUT2D eigenvalue weighted by atomic mass is 9.86. The smallest absolute Gasteiger partial charge is 0.410 e. The van der Waals surface area contributed by atoms with Gasteiger partial charge in [-0.05, 0) is 40.5 Å². The number of nitrogens with zero attached hydrogens (tertiary/aromatic N) is 1. The van der Waals surface area contributed by atoms with E-state index in [-0.39, 0.29) is 12.1 Å². The first-order valence-electron chi connectivity index (χ1n) is 6.16. The zero-order chi connectivity index (χ0) is 14.0. The molecule has 1 heterocycles. The number of alkyl halides is 1. The van der Waals surface area contributed by atoms with Gasteiger partial charge in [0.25, 0.3) is 0 Å². The van der Waals surface area contributed by atoms with Crippen LogP contribution in [0.4, 0.5) is 9.28 Å².